The van der Waals surface area contributed by atoms with E-state index in [0.29, 0.717) is 12.5 Å². The number of ether oxygens (including phenoxy) is 1. The van der Waals surface area contributed by atoms with Gasteiger partial charge in [-0.15, -0.1) is 12.4 Å². The van der Waals surface area contributed by atoms with Gasteiger partial charge in [-0.05, 0) is 42.6 Å². The summed E-state index contributed by atoms with van der Waals surface area (Å²) >= 11 is 0. The minimum atomic E-state index is 0. The number of benzene rings is 2. The van der Waals surface area contributed by atoms with Gasteiger partial charge in [0.25, 0.3) is 0 Å². The Morgan fingerprint density at radius 3 is 2.62 bits per heavy atom. The van der Waals surface area contributed by atoms with Gasteiger partial charge in [-0.2, -0.15) is 0 Å². The molecular formula is C21H27ClN2O2. The van der Waals surface area contributed by atoms with Crippen molar-refractivity contribution in [3.8, 4) is 5.75 Å². The van der Waals surface area contributed by atoms with Crippen LogP contribution in [-0.4, -0.2) is 30.4 Å². The molecule has 1 aliphatic rings. The smallest absolute Gasteiger partial charge is 0.222 e. The Balaban J connectivity index is 0.00000243. The van der Waals surface area contributed by atoms with Gasteiger partial charge in [0.1, 0.15) is 12.4 Å². The quantitative estimate of drug-likeness (QED) is 0.679. The first-order valence-corrected chi connectivity index (χ1v) is 9.05. The average Bonchev–Trinajstić information content (AvgIpc) is 3.06. The normalized spacial score (nSPS) is 13.5. The third-order valence-corrected chi connectivity index (χ3v) is 4.43. The Bertz CT molecular complexity index is 679. The van der Waals surface area contributed by atoms with E-state index in [1.54, 1.807) is 0 Å². The number of hydrogen-bond donors (Lipinski definition) is 1. The van der Waals surface area contributed by atoms with Crippen LogP contribution in [0.1, 0.15) is 30.4 Å². The van der Waals surface area contributed by atoms with Gasteiger partial charge >= 0.3 is 0 Å². The molecule has 0 spiro atoms. The van der Waals surface area contributed by atoms with Gasteiger partial charge in [0.2, 0.25) is 5.91 Å². The SMILES string of the molecule is Cl.O=C1CCCN1CCCNCc1cccc(OCc2ccccc2)c1. The van der Waals surface area contributed by atoms with Gasteiger partial charge in [-0.1, -0.05) is 42.5 Å². The Labute approximate surface area is 162 Å². The number of likely N-dealkylation sites (tertiary alicyclic amines) is 1. The molecule has 0 saturated carbocycles. The maximum atomic E-state index is 11.6. The summed E-state index contributed by atoms with van der Waals surface area (Å²) in [5, 5.41) is 3.45. The summed E-state index contributed by atoms with van der Waals surface area (Å²) in [4.78, 5) is 13.5. The highest BCUT2D eigenvalue weighted by Crippen LogP contribution is 2.15. The molecule has 0 atom stereocenters. The number of hydrogen-bond acceptors (Lipinski definition) is 3. The number of carbonyl (C=O) groups is 1. The summed E-state index contributed by atoms with van der Waals surface area (Å²) in [6, 6.07) is 18.4. The Kier molecular flexibility index (Phi) is 8.45. The number of halogens is 1. The van der Waals surface area contributed by atoms with Crippen LogP contribution in [-0.2, 0) is 17.9 Å². The fraction of sp³-hybridized carbons (Fsp3) is 0.381. The molecule has 0 radical (unpaired) electrons. The van der Waals surface area contributed by atoms with Crippen molar-refractivity contribution < 1.29 is 9.53 Å². The Morgan fingerprint density at radius 2 is 1.85 bits per heavy atom. The van der Waals surface area contributed by atoms with Gasteiger partial charge < -0.3 is 15.0 Å². The van der Waals surface area contributed by atoms with Crippen molar-refractivity contribution in [2.75, 3.05) is 19.6 Å². The summed E-state index contributed by atoms with van der Waals surface area (Å²) in [6.45, 7) is 4.11. The van der Waals surface area contributed by atoms with Crippen molar-refractivity contribution in [1.82, 2.24) is 10.2 Å². The van der Waals surface area contributed by atoms with E-state index in [0.717, 1.165) is 51.2 Å². The largest absolute Gasteiger partial charge is 0.489 e. The third-order valence-electron chi connectivity index (χ3n) is 4.43. The van der Waals surface area contributed by atoms with Crippen molar-refractivity contribution in [3.63, 3.8) is 0 Å². The molecule has 0 unspecified atom stereocenters. The molecule has 1 heterocycles. The van der Waals surface area contributed by atoms with E-state index in [9.17, 15) is 4.79 Å². The van der Waals surface area contributed by atoms with Crippen LogP contribution in [0, 0.1) is 0 Å². The van der Waals surface area contributed by atoms with E-state index >= 15 is 0 Å². The maximum Gasteiger partial charge on any atom is 0.222 e. The van der Waals surface area contributed by atoms with E-state index in [2.05, 4.69) is 29.6 Å². The van der Waals surface area contributed by atoms with Crippen molar-refractivity contribution >= 4 is 18.3 Å². The molecule has 4 nitrogen and oxygen atoms in total. The summed E-state index contributed by atoms with van der Waals surface area (Å²) < 4.78 is 5.87. The summed E-state index contributed by atoms with van der Waals surface area (Å²) in [5.74, 6) is 1.20. The van der Waals surface area contributed by atoms with Crippen molar-refractivity contribution in [3.05, 3.63) is 65.7 Å². The van der Waals surface area contributed by atoms with Crippen molar-refractivity contribution in [1.29, 1.82) is 0 Å². The number of rotatable bonds is 9. The molecule has 2 aromatic rings. The second-order valence-electron chi connectivity index (χ2n) is 6.44. The number of carbonyl (C=O) groups excluding carboxylic acids is 1. The van der Waals surface area contributed by atoms with E-state index in [-0.39, 0.29) is 12.4 Å². The van der Waals surface area contributed by atoms with E-state index in [1.165, 1.54) is 11.1 Å². The van der Waals surface area contributed by atoms with Crippen LogP contribution >= 0.6 is 12.4 Å². The van der Waals surface area contributed by atoms with Crippen LogP contribution in [0.3, 0.4) is 0 Å². The molecule has 26 heavy (non-hydrogen) atoms. The number of amides is 1. The highest BCUT2D eigenvalue weighted by Gasteiger charge is 2.18. The zero-order valence-corrected chi connectivity index (χ0v) is 15.8. The second-order valence-corrected chi connectivity index (χ2v) is 6.44. The fourth-order valence-electron chi connectivity index (χ4n) is 3.05. The van der Waals surface area contributed by atoms with E-state index in [4.69, 9.17) is 4.74 Å². The van der Waals surface area contributed by atoms with Gasteiger partial charge in [0.05, 0.1) is 0 Å². The van der Waals surface area contributed by atoms with Gasteiger partial charge in [0, 0.05) is 26.1 Å². The Hall–Kier alpha value is -2.04. The van der Waals surface area contributed by atoms with Gasteiger partial charge in [-0.25, -0.2) is 0 Å². The molecule has 0 aliphatic carbocycles. The molecule has 2 aromatic carbocycles. The fourth-order valence-corrected chi connectivity index (χ4v) is 3.05. The molecule has 1 N–H and O–H groups in total. The predicted molar refractivity (Wildman–Crippen MR) is 107 cm³/mol. The minimum Gasteiger partial charge on any atom is -0.489 e. The minimum absolute atomic E-state index is 0. The summed E-state index contributed by atoms with van der Waals surface area (Å²) in [5.41, 5.74) is 2.38. The average molecular weight is 375 g/mol. The zero-order chi connectivity index (χ0) is 17.3. The van der Waals surface area contributed by atoms with Crippen LogP contribution in [0.5, 0.6) is 5.75 Å². The lowest BCUT2D eigenvalue weighted by Gasteiger charge is -2.15. The van der Waals surface area contributed by atoms with E-state index in [1.807, 2.05) is 35.2 Å². The lowest BCUT2D eigenvalue weighted by Crippen LogP contribution is -2.28. The molecule has 0 bridgehead atoms. The van der Waals surface area contributed by atoms with Crippen molar-refractivity contribution in [2.45, 2.75) is 32.4 Å². The van der Waals surface area contributed by atoms with Crippen LogP contribution < -0.4 is 10.1 Å². The molecule has 140 valence electrons. The van der Waals surface area contributed by atoms with E-state index < -0.39 is 0 Å². The molecular weight excluding hydrogens is 348 g/mol. The first-order valence-electron chi connectivity index (χ1n) is 9.05. The molecule has 3 rings (SSSR count). The van der Waals surface area contributed by atoms with Gasteiger partial charge in [0.15, 0.2) is 0 Å². The monoisotopic (exact) mass is 374 g/mol. The van der Waals surface area contributed by atoms with Crippen LogP contribution in [0.15, 0.2) is 54.6 Å². The Morgan fingerprint density at radius 1 is 1.04 bits per heavy atom. The molecule has 1 fully saturated rings. The molecule has 1 aliphatic heterocycles. The van der Waals surface area contributed by atoms with Crippen LogP contribution in [0.2, 0.25) is 0 Å². The first-order chi connectivity index (χ1) is 12.3. The van der Waals surface area contributed by atoms with Crippen molar-refractivity contribution in [2.24, 2.45) is 0 Å². The molecule has 1 saturated heterocycles. The lowest BCUT2D eigenvalue weighted by molar-refractivity contribution is -0.127. The second kappa shape index (κ2) is 10.8. The zero-order valence-electron chi connectivity index (χ0n) is 15.0. The predicted octanol–water partition coefficient (Wildman–Crippen LogP) is 3.79. The van der Waals surface area contributed by atoms with Crippen LogP contribution in [0.4, 0.5) is 0 Å². The molecule has 1 amide bonds. The highest BCUT2D eigenvalue weighted by molar-refractivity contribution is 5.85. The lowest BCUT2D eigenvalue weighted by atomic mass is 10.2. The first kappa shape index (κ1) is 20.3. The summed E-state index contributed by atoms with van der Waals surface area (Å²) in [7, 11) is 0. The summed E-state index contributed by atoms with van der Waals surface area (Å²) in [6.07, 6.45) is 2.74. The van der Waals surface area contributed by atoms with Gasteiger partial charge in [-0.3, -0.25) is 4.79 Å². The molecule has 0 aromatic heterocycles. The standard InChI is InChI=1S/C21H26N2O2.ClH/c24-21-11-5-13-23(21)14-6-12-22-16-19-9-4-10-20(15-19)25-17-18-7-2-1-3-8-18;/h1-4,7-10,15,22H,5-6,11-14,16-17H2;1H. The third kappa shape index (κ3) is 6.36. The topological polar surface area (TPSA) is 41.6 Å². The van der Waals surface area contributed by atoms with Crippen LogP contribution in [0.25, 0.3) is 0 Å². The highest BCUT2D eigenvalue weighted by atomic mass is 35.5. The maximum absolute atomic E-state index is 11.6. The number of nitrogens with one attached hydrogen (secondary N) is 1. The molecule has 5 heteroatoms. The number of nitrogens with zero attached hydrogens (tertiary/aromatic N) is 1.